The number of allylic oxidation sites excluding steroid dienone is 5. The zero-order chi connectivity index (χ0) is 69.4. The van der Waals surface area contributed by atoms with E-state index in [1.807, 2.05) is 6.08 Å². The van der Waals surface area contributed by atoms with Crippen LogP contribution < -0.4 is 5.32 Å². The maximum absolute atomic E-state index is 13.1. The molecule has 7 atom stereocenters. The van der Waals surface area contributed by atoms with Crippen molar-refractivity contribution in [2.24, 2.45) is 0 Å². The minimum absolute atomic E-state index is 0.0113. The van der Waals surface area contributed by atoms with E-state index in [4.69, 9.17) is 14.2 Å². The summed E-state index contributed by atoms with van der Waals surface area (Å²) in [4.78, 5) is 25.2. The minimum atomic E-state index is -1.57. The fourth-order valence-corrected chi connectivity index (χ4v) is 13.6. The molecule has 0 radical (unpaired) electrons. The van der Waals surface area contributed by atoms with E-state index in [0.717, 1.165) is 64.2 Å². The lowest BCUT2D eigenvalue weighted by Crippen LogP contribution is -2.60. The predicted octanol–water partition coefficient (Wildman–Crippen LogP) is 23.3. The summed E-state index contributed by atoms with van der Waals surface area (Å²) in [7, 11) is 0. The average Bonchev–Trinajstić information content (AvgIpc) is 0.850. The monoisotopic (exact) mass is 1360 g/mol. The van der Waals surface area contributed by atoms with E-state index in [0.29, 0.717) is 19.4 Å². The van der Waals surface area contributed by atoms with Gasteiger partial charge >= 0.3 is 5.97 Å². The molecule has 1 aliphatic heterocycles. The van der Waals surface area contributed by atoms with Gasteiger partial charge in [-0.1, -0.05) is 391 Å². The van der Waals surface area contributed by atoms with Crippen LogP contribution >= 0.6 is 0 Å². The van der Waals surface area contributed by atoms with Crippen molar-refractivity contribution in [3.8, 4) is 0 Å². The highest BCUT2D eigenvalue weighted by Crippen LogP contribution is 2.24. The largest absolute Gasteiger partial charge is 0.466 e. The minimum Gasteiger partial charge on any atom is -0.466 e. The zero-order valence-electron chi connectivity index (χ0n) is 63.4. The number of rotatable bonds is 76. The molecular formula is C85H161NO10. The molecule has 0 aliphatic carbocycles. The summed E-state index contributed by atoms with van der Waals surface area (Å²) in [6, 6.07) is -0.805. The van der Waals surface area contributed by atoms with Gasteiger partial charge in [0.2, 0.25) is 5.91 Å². The van der Waals surface area contributed by atoms with Crippen LogP contribution in [-0.2, 0) is 23.8 Å². The van der Waals surface area contributed by atoms with Crippen LogP contribution in [0.25, 0.3) is 0 Å². The fraction of sp³-hybridized carbons (Fsp3) is 0.906. The molecular weight excluding hydrogens is 1190 g/mol. The third-order valence-electron chi connectivity index (χ3n) is 20.2. The van der Waals surface area contributed by atoms with Gasteiger partial charge in [-0.25, -0.2) is 0 Å². The maximum atomic E-state index is 13.1. The molecule has 1 saturated heterocycles. The van der Waals surface area contributed by atoms with Gasteiger partial charge < -0.3 is 45.1 Å². The summed E-state index contributed by atoms with van der Waals surface area (Å²) in [6.45, 7) is 4.37. The molecule has 1 rings (SSSR count). The Labute approximate surface area is 594 Å². The molecule has 6 N–H and O–H groups in total. The Morgan fingerprint density at radius 3 is 1.07 bits per heavy atom. The summed E-state index contributed by atoms with van der Waals surface area (Å²) < 4.78 is 16.8. The Bertz CT molecular complexity index is 1690. The average molecular weight is 1360 g/mol. The van der Waals surface area contributed by atoms with Crippen molar-refractivity contribution in [1.29, 1.82) is 0 Å². The van der Waals surface area contributed by atoms with Crippen molar-refractivity contribution in [3.63, 3.8) is 0 Å². The van der Waals surface area contributed by atoms with Gasteiger partial charge in [0.25, 0.3) is 0 Å². The number of hydrogen-bond donors (Lipinski definition) is 6. The number of nitrogens with one attached hydrogen (secondary N) is 1. The van der Waals surface area contributed by atoms with E-state index in [9.17, 15) is 35.1 Å². The van der Waals surface area contributed by atoms with Crippen molar-refractivity contribution in [2.45, 2.75) is 474 Å². The molecule has 11 heteroatoms. The molecule has 0 bridgehead atoms. The van der Waals surface area contributed by atoms with Crippen LogP contribution in [0.2, 0.25) is 0 Å². The summed E-state index contributed by atoms with van der Waals surface area (Å²) in [5.41, 5.74) is 0. The Balaban J connectivity index is 1.85. The third kappa shape index (κ3) is 61.7. The van der Waals surface area contributed by atoms with E-state index >= 15 is 0 Å². The van der Waals surface area contributed by atoms with Crippen LogP contribution in [0.4, 0.5) is 0 Å². The van der Waals surface area contributed by atoms with Gasteiger partial charge in [-0.2, -0.15) is 0 Å². The number of aliphatic hydroxyl groups is 5. The number of hydrogen-bond acceptors (Lipinski definition) is 10. The van der Waals surface area contributed by atoms with E-state index in [1.54, 1.807) is 6.08 Å². The predicted molar refractivity (Wildman–Crippen MR) is 407 cm³/mol. The van der Waals surface area contributed by atoms with E-state index < -0.39 is 49.5 Å². The molecule has 11 nitrogen and oxygen atoms in total. The highest BCUT2D eigenvalue weighted by atomic mass is 16.7. The van der Waals surface area contributed by atoms with Crippen LogP contribution in [0, 0.1) is 0 Å². The third-order valence-corrected chi connectivity index (χ3v) is 20.2. The molecule has 1 amide bonds. The van der Waals surface area contributed by atoms with Gasteiger partial charge in [0, 0.05) is 12.8 Å². The Kier molecular flexibility index (Phi) is 70.9. The smallest absolute Gasteiger partial charge is 0.305 e. The highest BCUT2D eigenvalue weighted by Gasteiger charge is 2.44. The first-order chi connectivity index (χ1) is 47.2. The first-order valence-electron chi connectivity index (χ1n) is 42.3. The van der Waals surface area contributed by atoms with Crippen LogP contribution in [0.15, 0.2) is 36.5 Å². The molecule has 1 aliphatic rings. The van der Waals surface area contributed by atoms with Crippen LogP contribution in [0.5, 0.6) is 0 Å². The Hall–Kier alpha value is -2.12. The molecule has 0 aromatic carbocycles. The van der Waals surface area contributed by atoms with E-state index in [2.05, 4.69) is 43.5 Å². The molecule has 0 aromatic rings. The normalized spacial score (nSPS) is 17.4. The van der Waals surface area contributed by atoms with Crippen LogP contribution in [-0.4, -0.2) is 100 Å². The second-order valence-electron chi connectivity index (χ2n) is 29.5. The Morgan fingerprint density at radius 1 is 0.385 bits per heavy atom. The number of aliphatic hydroxyl groups excluding tert-OH is 5. The van der Waals surface area contributed by atoms with Crippen molar-refractivity contribution < 1.29 is 49.3 Å². The SMILES string of the molecule is CCCCC/C=C\C/C=C\CCCCCCCCCC(=O)OCCCCCCCCCCCCCCCCCCCCCCCCCCCCCCCCCCCCCCCCCC(=O)NC(COC1OC(CO)C(O)C(O)C1O)C(O)/C=C/CCCCCCCCCCCC. The van der Waals surface area contributed by atoms with Gasteiger partial charge in [-0.3, -0.25) is 9.59 Å². The first kappa shape index (κ1) is 91.9. The van der Waals surface area contributed by atoms with Crippen LogP contribution in [0.1, 0.15) is 431 Å². The zero-order valence-corrected chi connectivity index (χ0v) is 63.4. The molecule has 1 fully saturated rings. The summed E-state index contributed by atoms with van der Waals surface area (Å²) in [5.74, 6) is -0.162. The number of amides is 1. The second kappa shape index (κ2) is 74.1. The lowest BCUT2D eigenvalue weighted by molar-refractivity contribution is -0.302. The van der Waals surface area contributed by atoms with E-state index in [-0.39, 0.29) is 18.5 Å². The van der Waals surface area contributed by atoms with Crippen molar-refractivity contribution >= 4 is 11.9 Å². The number of esters is 1. The number of ether oxygens (including phenoxy) is 3. The van der Waals surface area contributed by atoms with Gasteiger partial charge in [0.05, 0.1) is 32.0 Å². The van der Waals surface area contributed by atoms with Crippen LogP contribution in [0.3, 0.4) is 0 Å². The fourth-order valence-electron chi connectivity index (χ4n) is 13.6. The summed E-state index contributed by atoms with van der Waals surface area (Å²) in [6.07, 6.45) is 87.7. The van der Waals surface area contributed by atoms with E-state index in [1.165, 1.54) is 340 Å². The van der Waals surface area contributed by atoms with Crippen molar-refractivity contribution in [3.05, 3.63) is 36.5 Å². The molecule has 1 heterocycles. The molecule has 0 spiro atoms. The van der Waals surface area contributed by atoms with Crippen molar-refractivity contribution in [2.75, 3.05) is 19.8 Å². The van der Waals surface area contributed by atoms with Crippen molar-refractivity contribution in [1.82, 2.24) is 5.32 Å². The standard InChI is InChI=1S/C85H161NO10/c1-3-5-7-9-11-13-15-17-18-42-46-49-53-57-61-65-69-73-81(90)94-74-70-66-62-58-54-50-47-44-41-39-37-35-33-31-29-27-25-23-21-19-20-22-24-26-28-30-32-34-36-38-40-43-45-48-52-56-60-64-68-72-80(89)86-77(76-95-85-84(93)83(92)82(91)79(75-87)96-85)78(88)71-67-63-59-55-51-16-14-12-10-8-6-4-2/h11,13,17-18,67,71,77-79,82-85,87-88,91-93H,3-10,12,14-16,19-66,68-70,72-76H2,1-2H3,(H,86,89)/b13-11-,18-17-,71-67+. The number of carbonyl (C=O) groups excluding carboxylic acids is 2. The molecule has 0 saturated carbocycles. The first-order valence-corrected chi connectivity index (χ1v) is 42.3. The van der Waals surface area contributed by atoms with Gasteiger partial charge in [-0.05, 0) is 64.2 Å². The molecule has 7 unspecified atom stereocenters. The summed E-state index contributed by atoms with van der Waals surface area (Å²) in [5, 5.41) is 54.6. The molecule has 0 aromatic heterocycles. The number of carbonyl (C=O) groups is 2. The van der Waals surface area contributed by atoms with Gasteiger partial charge in [-0.15, -0.1) is 0 Å². The lowest BCUT2D eigenvalue weighted by Gasteiger charge is -2.40. The second-order valence-corrected chi connectivity index (χ2v) is 29.5. The maximum Gasteiger partial charge on any atom is 0.305 e. The molecule has 566 valence electrons. The number of unbranched alkanes of at least 4 members (excludes halogenated alkanes) is 58. The van der Waals surface area contributed by atoms with Gasteiger partial charge in [0.15, 0.2) is 6.29 Å². The van der Waals surface area contributed by atoms with Gasteiger partial charge in [0.1, 0.15) is 24.4 Å². The highest BCUT2D eigenvalue weighted by molar-refractivity contribution is 5.76. The Morgan fingerprint density at radius 2 is 0.698 bits per heavy atom. The topological polar surface area (TPSA) is 175 Å². The summed E-state index contributed by atoms with van der Waals surface area (Å²) >= 11 is 0. The molecule has 96 heavy (non-hydrogen) atoms. The quantitative estimate of drug-likeness (QED) is 0.0195. The lowest BCUT2D eigenvalue weighted by atomic mass is 9.99.